The quantitative estimate of drug-likeness (QED) is 0.290. The van der Waals surface area contributed by atoms with Crippen LogP contribution in [-0.4, -0.2) is 32.1 Å². The van der Waals surface area contributed by atoms with E-state index >= 15 is 0 Å². The molecule has 1 heterocycles. The molecule has 0 radical (unpaired) electrons. The van der Waals surface area contributed by atoms with Crippen LogP contribution in [0.4, 0.5) is 14.6 Å². The van der Waals surface area contributed by atoms with Gasteiger partial charge in [0.2, 0.25) is 0 Å². The molecule has 30 heavy (non-hydrogen) atoms. The molecule has 0 aliphatic carbocycles. The van der Waals surface area contributed by atoms with E-state index in [4.69, 9.17) is 0 Å². The number of hydrogen-bond acceptors (Lipinski definition) is 3. The van der Waals surface area contributed by atoms with Crippen LogP contribution in [0.5, 0.6) is 0 Å². The smallest absolute Gasteiger partial charge is 0.191 e. The van der Waals surface area contributed by atoms with Crippen LogP contribution in [0.2, 0.25) is 0 Å². The topological polar surface area (TPSA) is 52.6 Å². The molecule has 2 N–H and O–H groups in total. The van der Waals surface area contributed by atoms with Crippen LogP contribution in [0, 0.1) is 11.6 Å². The Bertz CT molecular complexity index is 1040. The molecule has 5 nitrogen and oxygen atoms in total. The van der Waals surface area contributed by atoms with Crippen molar-refractivity contribution in [3.05, 3.63) is 71.3 Å². The van der Waals surface area contributed by atoms with E-state index in [0.717, 1.165) is 28.4 Å². The van der Waals surface area contributed by atoms with Crippen LogP contribution < -0.4 is 15.5 Å². The van der Waals surface area contributed by atoms with Gasteiger partial charge in [-0.3, -0.25) is 4.99 Å². The molecular weight excluding hydrogens is 499 g/mol. The molecule has 0 amide bonds. The van der Waals surface area contributed by atoms with E-state index in [1.807, 2.05) is 56.3 Å². The minimum absolute atomic E-state index is 0. The summed E-state index contributed by atoms with van der Waals surface area (Å²) in [4.78, 5) is 10.9. The zero-order chi connectivity index (χ0) is 21.0. The minimum atomic E-state index is -0.862. The zero-order valence-electron chi connectivity index (χ0n) is 17.4. The second-order valence-corrected chi connectivity index (χ2v) is 7.02. The number of fused-ring (bicyclic) bond motifs is 1. The number of aromatic nitrogens is 1. The summed E-state index contributed by atoms with van der Waals surface area (Å²) in [6.45, 7) is 2.40. The van der Waals surface area contributed by atoms with E-state index in [-0.39, 0.29) is 30.0 Å². The largest absolute Gasteiger partial charge is 0.363 e. The Morgan fingerprint density at radius 2 is 1.83 bits per heavy atom. The molecule has 0 aliphatic rings. The number of hydrogen-bond donors (Lipinski definition) is 2. The molecule has 0 aliphatic heterocycles. The van der Waals surface area contributed by atoms with E-state index in [1.54, 1.807) is 13.1 Å². The summed E-state index contributed by atoms with van der Waals surface area (Å²) in [6.07, 6.45) is 0. The van der Waals surface area contributed by atoms with Crippen molar-refractivity contribution in [1.29, 1.82) is 0 Å². The summed E-state index contributed by atoms with van der Waals surface area (Å²) in [7, 11) is 5.58. The predicted molar refractivity (Wildman–Crippen MR) is 130 cm³/mol. The minimum Gasteiger partial charge on any atom is -0.363 e. The number of benzene rings is 2. The van der Waals surface area contributed by atoms with E-state index in [1.165, 1.54) is 6.07 Å². The number of para-hydroxylation sites is 1. The van der Waals surface area contributed by atoms with Gasteiger partial charge in [0, 0.05) is 33.1 Å². The summed E-state index contributed by atoms with van der Waals surface area (Å²) >= 11 is 0. The molecule has 1 unspecified atom stereocenters. The number of anilines is 1. The maximum Gasteiger partial charge on any atom is 0.191 e. The third kappa shape index (κ3) is 5.56. The van der Waals surface area contributed by atoms with Crippen molar-refractivity contribution in [3.8, 4) is 0 Å². The van der Waals surface area contributed by atoms with Crippen molar-refractivity contribution in [2.24, 2.45) is 4.99 Å². The molecular formula is C22H26F2IN5. The first-order valence-corrected chi connectivity index (χ1v) is 9.37. The number of nitrogens with one attached hydrogen (secondary N) is 2. The van der Waals surface area contributed by atoms with Gasteiger partial charge in [-0.2, -0.15) is 0 Å². The molecule has 160 valence electrons. The summed E-state index contributed by atoms with van der Waals surface area (Å²) in [5, 5.41) is 7.57. The monoisotopic (exact) mass is 525 g/mol. The van der Waals surface area contributed by atoms with E-state index < -0.39 is 11.6 Å². The highest BCUT2D eigenvalue weighted by molar-refractivity contribution is 14.0. The number of nitrogens with zero attached hydrogens (tertiary/aromatic N) is 3. The molecule has 1 atom stereocenters. The zero-order valence-corrected chi connectivity index (χ0v) is 19.7. The molecule has 0 saturated carbocycles. The molecule has 1 aromatic heterocycles. The van der Waals surface area contributed by atoms with Crippen molar-refractivity contribution in [3.63, 3.8) is 0 Å². The van der Waals surface area contributed by atoms with E-state index in [2.05, 4.69) is 20.6 Å². The standard InChI is InChI=1S/C22H25F2N5.HI/c1-14(15-9-10-18(23)19(24)11-15)27-22(25-2)26-13-16-12-21(29(3)4)28-20-8-6-5-7-17(16)20;/h5-12,14H,13H2,1-4H3,(H2,25,26,27);1H. The molecule has 3 rings (SSSR count). The maximum absolute atomic E-state index is 13.5. The van der Waals surface area contributed by atoms with Gasteiger partial charge in [-0.25, -0.2) is 13.8 Å². The van der Waals surface area contributed by atoms with Gasteiger partial charge >= 0.3 is 0 Å². The Kier molecular flexibility index (Phi) is 8.33. The molecule has 0 bridgehead atoms. The van der Waals surface area contributed by atoms with Gasteiger partial charge in [0.15, 0.2) is 17.6 Å². The van der Waals surface area contributed by atoms with E-state index in [9.17, 15) is 8.78 Å². The first-order chi connectivity index (χ1) is 13.9. The molecule has 2 aromatic carbocycles. The fraction of sp³-hybridized carbons (Fsp3) is 0.273. The Labute approximate surface area is 192 Å². The number of pyridine rings is 1. The predicted octanol–water partition coefficient (Wildman–Crippen LogP) is 4.62. The van der Waals surface area contributed by atoms with E-state index in [0.29, 0.717) is 18.1 Å². The molecule has 3 aromatic rings. The second-order valence-electron chi connectivity index (χ2n) is 7.02. The first-order valence-electron chi connectivity index (χ1n) is 9.37. The molecule has 8 heteroatoms. The Hall–Kier alpha value is -2.49. The SMILES string of the molecule is CN=C(NCc1cc(N(C)C)nc2ccccc12)NC(C)c1ccc(F)c(F)c1.I. The van der Waals surface area contributed by atoms with Gasteiger partial charge in [0.05, 0.1) is 11.6 Å². The van der Waals surface area contributed by atoms with Gasteiger partial charge in [-0.1, -0.05) is 24.3 Å². The highest BCUT2D eigenvalue weighted by Gasteiger charge is 2.12. The average molecular weight is 525 g/mol. The fourth-order valence-electron chi connectivity index (χ4n) is 3.05. The average Bonchev–Trinajstić information content (AvgIpc) is 2.72. The molecule has 0 spiro atoms. The summed E-state index contributed by atoms with van der Waals surface area (Å²) in [5.41, 5.74) is 2.65. The molecule has 0 saturated heterocycles. The fourth-order valence-corrected chi connectivity index (χ4v) is 3.05. The van der Waals surface area contributed by atoms with Gasteiger partial charge in [-0.15, -0.1) is 24.0 Å². The lowest BCUT2D eigenvalue weighted by atomic mass is 10.1. The molecule has 0 fully saturated rings. The Morgan fingerprint density at radius 3 is 2.50 bits per heavy atom. The van der Waals surface area contributed by atoms with Crippen molar-refractivity contribution < 1.29 is 8.78 Å². The number of rotatable bonds is 5. The lowest BCUT2D eigenvalue weighted by Crippen LogP contribution is -2.38. The van der Waals surface area contributed by atoms with Gasteiger partial charge in [0.1, 0.15) is 5.82 Å². The van der Waals surface area contributed by atoms with Crippen molar-refractivity contribution in [1.82, 2.24) is 15.6 Å². The van der Waals surface area contributed by atoms with Crippen LogP contribution >= 0.6 is 24.0 Å². The van der Waals surface area contributed by atoms with Crippen LogP contribution in [0.25, 0.3) is 10.9 Å². The highest BCUT2D eigenvalue weighted by Crippen LogP contribution is 2.22. The van der Waals surface area contributed by atoms with Crippen LogP contribution in [-0.2, 0) is 6.54 Å². The highest BCUT2D eigenvalue weighted by atomic mass is 127. The lowest BCUT2D eigenvalue weighted by molar-refractivity contribution is 0.504. The van der Waals surface area contributed by atoms with Crippen LogP contribution in [0.1, 0.15) is 24.1 Å². The van der Waals surface area contributed by atoms with Gasteiger partial charge in [-0.05, 0) is 42.3 Å². The normalized spacial score (nSPS) is 12.3. The Morgan fingerprint density at radius 1 is 1.10 bits per heavy atom. The van der Waals surface area contributed by atoms with Crippen LogP contribution in [0.3, 0.4) is 0 Å². The van der Waals surface area contributed by atoms with Gasteiger partial charge < -0.3 is 15.5 Å². The van der Waals surface area contributed by atoms with Crippen molar-refractivity contribution >= 4 is 46.7 Å². The van der Waals surface area contributed by atoms with Crippen molar-refractivity contribution in [2.75, 3.05) is 26.0 Å². The first kappa shape index (κ1) is 23.8. The van der Waals surface area contributed by atoms with Gasteiger partial charge in [0.25, 0.3) is 0 Å². The number of halogens is 3. The summed E-state index contributed by atoms with van der Waals surface area (Å²) in [5.74, 6) is -0.281. The summed E-state index contributed by atoms with van der Waals surface area (Å²) < 4.78 is 26.7. The van der Waals surface area contributed by atoms with Crippen LogP contribution in [0.15, 0.2) is 53.5 Å². The lowest BCUT2D eigenvalue weighted by Gasteiger charge is -2.20. The number of aliphatic imine (C=N–C) groups is 1. The summed E-state index contributed by atoms with van der Waals surface area (Å²) in [6, 6.07) is 13.7. The third-order valence-electron chi connectivity index (χ3n) is 4.71. The van der Waals surface area contributed by atoms with Crippen molar-refractivity contribution in [2.45, 2.75) is 19.5 Å². The maximum atomic E-state index is 13.5. The number of guanidine groups is 1. The third-order valence-corrected chi connectivity index (χ3v) is 4.71. The Balaban J connectivity index is 0.00000320. The second kappa shape index (κ2) is 10.5.